The van der Waals surface area contributed by atoms with Crippen LogP contribution in [0.25, 0.3) is 0 Å². The second-order valence-electron chi connectivity index (χ2n) is 3.85. The van der Waals surface area contributed by atoms with E-state index in [1.807, 2.05) is 0 Å². The topological polar surface area (TPSA) is 54.9 Å². The number of benzene rings is 1. The maximum Gasteiger partial charge on any atom is 0.257 e. The molecule has 0 spiro atoms. The first-order chi connectivity index (χ1) is 9.18. The van der Waals surface area contributed by atoms with Crippen LogP contribution in [0.2, 0.25) is 0 Å². The molecule has 0 saturated carbocycles. The molecule has 0 aliphatic heterocycles. The molecule has 0 atom stereocenters. The quantitative estimate of drug-likeness (QED) is 0.914. The van der Waals surface area contributed by atoms with E-state index in [0.717, 1.165) is 17.7 Å². The Morgan fingerprint density at radius 3 is 2.42 bits per heavy atom. The summed E-state index contributed by atoms with van der Waals surface area (Å²) in [5.41, 5.74) is 0.267. The predicted octanol–water partition coefficient (Wildman–Crippen LogP) is 1.73. The molecule has 6 heteroatoms. The van der Waals surface area contributed by atoms with Crippen LogP contribution in [0.1, 0.15) is 15.9 Å². The highest BCUT2D eigenvalue weighted by Crippen LogP contribution is 2.11. The smallest absolute Gasteiger partial charge is 0.257 e. The Labute approximate surface area is 108 Å². The summed E-state index contributed by atoms with van der Waals surface area (Å²) in [6, 6.07) is 3.30. The average molecular weight is 263 g/mol. The van der Waals surface area contributed by atoms with Crippen LogP contribution < -0.4 is 5.32 Å². The molecule has 0 saturated heterocycles. The van der Waals surface area contributed by atoms with Gasteiger partial charge < -0.3 is 5.32 Å². The summed E-state index contributed by atoms with van der Waals surface area (Å²) in [5, 5.41) is 2.45. The summed E-state index contributed by atoms with van der Waals surface area (Å²) < 4.78 is 26.7. The van der Waals surface area contributed by atoms with Gasteiger partial charge in [0.15, 0.2) is 0 Å². The van der Waals surface area contributed by atoms with E-state index in [0.29, 0.717) is 6.42 Å². The number of carbonyl (C=O) groups is 1. The van der Waals surface area contributed by atoms with Crippen molar-refractivity contribution in [2.45, 2.75) is 6.42 Å². The van der Waals surface area contributed by atoms with Crippen LogP contribution in [0.15, 0.2) is 36.9 Å². The van der Waals surface area contributed by atoms with Gasteiger partial charge in [0.05, 0.1) is 0 Å². The van der Waals surface area contributed by atoms with E-state index in [1.165, 1.54) is 12.4 Å². The van der Waals surface area contributed by atoms with E-state index in [4.69, 9.17) is 0 Å². The van der Waals surface area contributed by atoms with Crippen molar-refractivity contribution >= 4 is 5.91 Å². The van der Waals surface area contributed by atoms with E-state index >= 15 is 0 Å². The third-order valence-electron chi connectivity index (χ3n) is 2.50. The molecule has 1 aromatic heterocycles. The van der Waals surface area contributed by atoms with E-state index in [1.54, 1.807) is 12.4 Å². The molecule has 0 radical (unpaired) electrons. The first-order valence-electron chi connectivity index (χ1n) is 5.64. The molecular weight excluding hydrogens is 252 g/mol. The van der Waals surface area contributed by atoms with Crippen LogP contribution >= 0.6 is 0 Å². The molecule has 1 heterocycles. The number of amides is 1. The van der Waals surface area contributed by atoms with Crippen molar-refractivity contribution in [1.82, 2.24) is 15.3 Å². The second kappa shape index (κ2) is 5.99. The Morgan fingerprint density at radius 1 is 1.16 bits per heavy atom. The van der Waals surface area contributed by atoms with Crippen molar-refractivity contribution in [3.05, 3.63) is 59.7 Å². The predicted molar refractivity (Wildman–Crippen MR) is 64.4 cm³/mol. The van der Waals surface area contributed by atoms with Crippen LogP contribution in [0.3, 0.4) is 0 Å². The van der Waals surface area contributed by atoms with Crippen molar-refractivity contribution in [3.8, 4) is 0 Å². The van der Waals surface area contributed by atoms with Gasteiger partial charge in [-0.05, 0) is 24.1 Å². The maximum absolute atomic E-state index is 13.3. The second-order valence-corrected chi connectivity index (χ2v) is 3.85. The molecule has 0 aliphatic rings. The number of halogens is 2. The van der Waals surface area contributed by atoms with Gasteiger partial charge in [-0.1, -0.05) is 6.07 Å². The lowest BCUT2D eigenvalue weighted by molar-refractivity contribution is 0.0945. The van der Waals surface area contributed by atoms with Gasteiger partial charge in [-0.3, -0.25) is 4.79 Å². The lowest BCUT2D eigenvalue weighted by Crippen LogP contribution is -2.27. The number of hydrogen-bond donors (Lipinski definition) is 1. The molecular formula is C13H11F2N3O. The number of carbonyl (C=O) groups excluding carboxylic acids is 1. The minimum absolute atomic E-state index is 0.250. The Bertz CT molecular complexity index is 555. The third kappa shape index (κ3) is 3.31. The molecule has 2 aromatic rings. The molecule has 1 N–H and O–H groups in total. The Hall–Kier alpha value is -2.37. The zero-order valence-corrected chi connectivity index (χ0v) is 9.94. The summed E-state index contributed by atoms with van der Waals surface area (Å²) >= 11 is 0. The lowest BCUT2D eigenvalue weighted by Gasteiger charge is -2.06. The van der Waals surface area contributed by atoms with Crippen LogP contribution in [0.4, 0.5) is 8.78 Å². The van der Waals surface area contributed by atoms with Gasteiger partial charge in [0.1, 0.15) is 23.5 Å². The molecule has 4 nitrogen and oxygen atoms in total. The van der Waals surface area contributed by atoms with Gasteiger partial charge in [-0.15, -0.1) is 0 Å². The minimum atomic E-state index is -0.874. The SMILES string of the molecule is O=C(NCCc1cncnc1)c1c(F)cccc1F. The van der Waals surface area contributed by atoms with Gasteiger partial charge in [-0.25, -0.2) is 18.7 Å². The summed E-state index contributed by atoms with van der Waals surface area (Å²) in [7, 11) is 0. The van der Waals surface area contributed by atoms with Crippen LogP contribution in [0.5, 0.6) is 0 Å². The monoisotopic (exact) mass is 263 g/mol. The van der Waals surface area contributed by atoms with E-state index in [2.05, 4.69) is 15.3 Å². The number of hydrogen-bond acceptors (Lipinski definition) is 3. The zero-order valence-electron chi connectivity index (χ0n) is 9.94. The number of nitrogens with one attached hydrogen (secondary N) is 1. The lowest BCUT2D eigenvalue weighted by atomic mass is 10.1. The van der Waals surface area contributed by atoms with Crippen molar-refractivity contribution < 1.29 is 13.6 Å². The van der Waals surface area contributed by atoms with Gasteiger partial charge in [0.2, 0.25) is 0 Å². The highest BCUT2D eigenvalue weighted by molar-refractivity contribution is 5.94. The van der Waals surface area contributed by atoms with Crippen molar-refractivity contribution in [3.63, 3.8) is 0 Å². The van der Waals surface area contributed by atoms with Gasteiger partial charge >= 0.3 is 0 Å². The third-order valence-corrected chi connectivity index (χ3v) is 2.50. The van der Waals surface area contributed by atoms with Crippen LogP contribution in [-0.4, -0.2) is 22.4 Å². The Morgan fingerprint density at radius 2 is 1.79 bits per heavy atom. The fourth-order valence-corrected chi connectivity index (χ4v) is 1.58. The van der Waals surface area contributed by atoms with Crippen LogP contribution in [-0.2, 0) is 6.42 Å². The summed E-state index contributed by atoms with van der Waals surface area (Å²) in [6.45, 7) is 0.250. The molecule has 0 bridgehead atoms. The van der Waals surface area contributed by atoms with E-state index in [-0.39, 0.29) is 6.54 Å². The van der Waals surface area contributed by atoms with E-state index < -0.39 is 23.1 Å². The average Bonchev–Trinajstić information content (AvgIpc) is 2.40. The van der Waals surface area contributed by atoms with Gasteiger partial charge in [0.25, 0.3) is 5.91 Å². The highest BCUT2D eigenvalue weighted by atomic mass is 19.1. The fourth-order valence-electron chi connectivity index (χ4n) is 1.58. The molecule has 2 rings (SSSR count). The van der Waals surface area contributed by atoms with Crippen molar-refractivity contribution in [1.29, 1.82) is 0 Å². The Balaban J connectivity index is 1.95. The molecule has 0 unspecified atom stereocenters. The van der Waals surface area contributed by atoms with Gasteiger partial charge in [-0.2, -0.15) is 0 Å². The van der Waals surface area contributed by atoms with Crippen LogP contribution in [0, 0.1) is 11.6 Å². The van der Waals surface area contributed by atoms with Crippen molar-refractivity contribution in [2.24, 2.45) is 0 Å². The first kappa shape index (κ1) is 13.1. The first-order valence-corrected chi connectivity index (χ1v) is 5.64. The molecule has 19 heavy (non-hydrogen) atoms. The standard InChI is InChI=1S/C13H11F2N3O/c14-10-2-1-3-11(15)12(10)13(19)18-5-4-9-6-16-8-17-7-9/h1-3,6-8H,4-5H2,(H,18,19). The summed E-state index contributed by atoms with van der Waals surface area (Å²) in [6.07, 6.45) is 5.12. The molecule has 1 aromatic carbocycles. The molecule has 98 valence electrons. The molecule has 0 fully saturated rings. The van der Waals surface area contributed by atoms with Gasteiger partial charge in [0, 0.05) is 18.9 Å². The normalized spacial score (nSPS) is 10.2. The highest BCUT2D eigenvalue weighted by Gasteiger charge is 2.16. The number of aromatic nitrogens is 2. The zero-order chi connectivity index (χ0) is 13.7. The van der Waals surface area contributed by atoms with E-state index in [9.17, 15) is 13.6 Å². The van der Waals surface area contributed by atoms with Crippen molar-refractivity contribution in [2.75, 3.05) is 6.54 Å². The number of rotatable bonds is 4. The molecule has 1 amide bonds. The largest absolute Gasteiger partial charge is 0.352 e. The summed E-state index contributed by atoms with van der Waals surface area (Å²) in [5.74, 6) is -2.52. The molecule has 0 aliphatic carbocycles. The minimum Gasteiger partial charge on any atom is -0.352 e. The summed E-state index contributed by atoms with van der Waals surface area (Å²) in [4.78, 5) is 19.3. The Kier molecular flexibility index (Phi) is 4.12. The maximum atomic E-state index is 13.3. The number of nitrogens with zero attached hydrogens (tertiary/aromatic N) is 2. The fraction of sp³-hybridized carbons (Fsp3) is 0.154.